The van der Waals surface area contributed by atoms with Crippen LogP contribution in [0.5, 0.6) is 0 Å². The lowest BCUT2D eigenvalue weighted by atomic mass is 10.1. The molecular weight excluding hydrogens is 259 g/mol. The zero-order valence-corrected chi connectivity index (χ0v) is 12.6. The number of allylic oxidation sites excluding steroid dienone is 1. The molecule has 0 aromatic rings. The van der Waals surface area contributed by atoms with Crippen molar-refractivity contribution in [2.75, 3.05) is 19.0 Å². The van der Waals surface area contributed by atoms with Crippen molar-refractivity contribution in [3.8, 4) is 0 Å². The highest BCUT2D eigenvalue weighted by molar-refractivity contribution is 7.93. The van der Waals surface area contributed by atoms with Gasteiger partial charge in [0.2, 0.25) is 0 Å². The van der Waals surface area contributed by atoms with Crippen LogP contribution in [0.3, 0.4) is 0 Å². The van der Waals surface area contributed by atoms with E-state index < -0.39 is 23.4 Å². The summed E-state index contributed by atoms with van der Waals surface area (Å²) in [5.41, 5.74) is 2.27. The smallest absolute Gasteiger partial charge is 0.308 e. The normalized spacial score (nSPS) is 26.4. The molecule has 0 aliphatic carbocycles. The van der Waals surface area contributed by atoms with Gasteiger partial charge in [-0.25, -0.2) is 0 Å². The van der Waals surface area contributed by atoms with Gasteiger partial charge in [-0.15, -0.1) is 0 Å². The molecule has 0 bridgehead atoms. The molecule has 0 radical (unpaired) electrons. The predicted molar refractivity (Wildman–Crippen MR) is 70.6 cm³/mol. The second-order valence-corrected chi connectivity index (χ2v) is 8.31. The van der Waals surface area contributed by atoms with Crippen molar-refractivity contribution < 1.29 is 17.8 Å². The van der Waals surface area contributed by atoms with Crippen molar-refractivity contribution in [2.45, 2.75) is 39.1 Å². The van der Waals surface area contributed by atoms with Gasteiger partial charge in [0.15, 0.2) is 0 Å². The summed E-state index contributed by atoms with van der Waals surface area (Å²) >= 11 is 0. The number of rotatable bonds is 5. The summed E-state index contributed by atoms with van der Waals surface area (Å²) in [6, 6.07) is 0. The topological polar surface area (TPSA) is 52.6 Å². The van der Waals surface area contributed by atoms with E-state index in [1.807, 2.05) is 13.8 Å². The Morgan fingerprint density at radius 1 is 1.24 bits per heavy atom. The van der Waals surface area contributed by atoms with E-state index in [2.05, 4.69) is 0 Å². The van der Waals surface area contributed by atoms with Gasteiger partial charge in [-0.1, -0.05) is 11.1 Å². The summed E-state index contributed by atoms with van der Waals surface area (Å²) < 4.78 is 35.2. The Bertz CT molecular complexity index is 368. The molecule has 1 heterocycles. The molecule has 1 rings (SSSR count). The maximum absolute atomic E-state index is 12.6. The van der Waals surface area contributed by atoms with Crippen LogP contribution in [0.1, 0.15) is 34.1 Å². The Morgan fingerprint density at radius 2 is 1.76 bits per heavy atom. The fourth-order valence-corrected chi connectivity index (χ4v) is 6.45. The highest BCUT2D eigenvalue weighted by Crippen LogP contribution is 2.57. The van der Waals surface area contributed by atoms with Crippen LogP contribution in [-0.4, -0.2) is 28.2 Å². The number of hydrogen-bond acceptors (Lipinski definition) is 4. The van der Waals surface area contributed by atoms with Gasteiger partial charge in [0.25, 0.3) is 0 Å². The maximum Gasteiger partial charge on any atom is 0.346 e. The largest absolute Gasteiger partial charge is 0.346 e. The molecule has 0 aromatic heterocycles. The van der Waals surface area contributed by atoms with Gasteiger partial charge in [0.1, 0.15) is 4.99 Å². The van der Waals surface area contributed by atoms with Crippen LogP contribution in [0.4, 0.5) is 0 Å². The van der Waals surface area contributed by atoms with E-state index in [0.717, 1.165) is 11.1 Å². The second-order valence-electron chi connectivity index (χ2n) is 4.12. The molecule has 4 nitrogen and oxygen atoms in total. The lowest BCUT2D eigenvalue weighted by molar-refractivity contribution is 0.217. The SMILES string of the molecule is CCOP(=O)(OCC)C1CC(C)=C(C)CS1=O. The van der Waals surface area contributed by atoms with E-state index in [1.54, 1.807) is 13.8 Å². The summed E-state index contributed by atoms with van der Waals surface area (Å²) in [6.07, 6.45) is 0.537. The maximum atomic E-state index is 12.6. The lowest BCUT2D eigenvalue weighted by Crippen LogP contribution is -2.26. The summed E-state index contributed by atoms with van der Waals surface area (Å²) in [5, 5.41) is 0. The first-order chi connectivity index (χ1) is 7.94. The molecule has 6 heteroatoms. The van der Waals surface area contributed by atoms with Gasteiger partial charge in [0, 0.05) is 16.6 Å². The highest BCUT2D eigenvalue weighted by Gasteiger charge is 2.42. The molecule has 1 aliphatic heterocycles. The van der Waals surface area contributed by atoms with Crippen molar-refractivity contribution >= 4 is 18.4 Å². The van der Waals surface area contributed by atoms with Gasteiger partial charge >= 0.3 is 7.60 Å². The predicted octanol–water partition coefficient (Wildman–Crippen LogP) is 3.07. The van der Waals surface area contributed by atoms with Crippen LogP contribution in [0, 0.1) is 0 Å². The van der Waals surface area contributed by atoms with Gasteiger partial charge in [0.05, 0.1) is 13.2 Å². The summed E-state index contributed by atoms with van der Waals surface area (Å²) in [5.74, 6) is 0.473. The molecule has 0 amide bonds. The zero-order valence-electron chi connectivity index (χ0n) is 10.9. The molecule has 0 saturated heterocycles. The van der Waals surface area contributed by atoms with Crippen LogP contribution in [-0.2, 0) is 24.4 Å². The molecule has 2 unspecified atom stereocenters. The molecule has 2 atom stereocenters. The highest BCUT2D eigenvalue weighted by atomic mass is 32.2. The van der Waals surface area contributed by atoms with E-state index in [0.29, 0.717) is 25.4 Å². The Labute approximate surface area is 106 Å². The molecule has 1 aliphatic rings. The first-order valence-electron chi connectivity index (χ1n) is 5.85. The van der Waals surface area contributed by atoms with Crippen molar-refractivity contribution in [1.29, 1.82) is 0 Å². The van der Waals surface area contributed by atoms with E-state index in [9.17, 15) is 8.77 Å². The van der Waals surface area contributed by atoms with Gasteiger partial charge < -0.3 is 9.05 Å². The van der Waals surface area contributed by atoms with Crippen LogP contribution in [0.25, 0.3) is 0 Å². The van der Waals surface area contributed by atoms with Gasteiger partial charge in [-0.3, -0.25) is 8.77 Å². The third-order valence-corrected chi connectivity index (χ3v) is 7.94. The van der Waals surface area contributed by atoms with E-state index in [4.69, 9.17) is 9.05 Å². The van der Waals surface area contributed by atoms with Crippen molar-refractivity contribution in [2.24, 2.45) is 0 Å². The Morgan fingerprint density at radius 3 is 2.24 bits per heavy atom. The van der Waals surface area contributed by atoms with Crippen molar-refractivity contribution in [3.63, 3.8) is 0 Å². The zero-order chi connectivity index (χ0) is 13.1. The third kappa shape index (κ3) is 3.50. The average Bonchev–Trinajstić information content (AvgIpc) is 2.24. The molecule has 17 heavy (non-hydrogen) atoms. The standard InChI is InChI=1S/C11H21O4PS/c1-5-14-16(12,15-6-2)11-7-9(3)10(4)8-17(11)13/h11H,5-8H2,1-4H3. The monoisotopic (exact) mass is 280 g/mol. The summed E-state index contributed by atoms with van der Waals surface area (Å²) in [6.45, 7) is 8.12. The van der Waals surface area contributed by atoms with Crippen molar-refractivity contribution in [1.82, 2.24) is 0 Å². The summed E-state index contributed by atoms with van der Waals surface area (Å²) in [7, 11) is -4.42. The van der Waals surface area contributed by atoms with Gasteiger partial charge in [-0.2, -0.15) is 0 Å². The third-order valence-electron chi connectivity index (χ3n) is 2.84. The molecule has 0 fully saturated rings. The molecule has 100 valence electrons. The first kappa shape index (κ1) is 15.1. The second kappa shape index (κ2) is 6.28. The Kier molecular flexibility index (Phi) is 5.58. The van der Waals surface area contributed by atoms with Crippen LogP contribution in [0.2, 0.25) is 0 Å². The van der Waals surface area contributed by atoms with Crippen LogP contribution >= 0.6 is 7.60 Å². The average molecular weight is 280 g/mol. The van der Waals surface area contributed by atoms with Crippen LogP contribution in [0.15, 0.2) is 11.1 Å². The minimum Gasteiger partial charge on any atom is -0.308 e. The number of hydrogen-bond donors (Lipinski definition) is 0. The van der Waals surface area contributed by atoms with Gasteiger partial charge in [-0.05, 0) is 34.1 Å². The lowest BCUT2D eigenvalue weighted by Gasteiger charge is -2.29. The van der Waals surface area contributed by atoms with Crippen molar-refractivity contribution in [3.05, 3.63) is 11.1 Å². The fraction of sp³-hybridized carbons (Fsp3) is 0.818. The molecule has 0 spiro atoms. The minimum absolute atomic E-state index is 0.312. The van der Waals surface area contributed by atoms with E-state index in [-0.39, 0.29) is 0 Å². The summed E-state index contributed by atoms with van der Waals surface area (Å²) in [4.78, 5) is -0.508. The van der Waals surface area contributed by atoms with E-state index >= 15 is 0 Å². The van der Waals surface area contributed by atoms with Crippen LogP contribution < -0.4 is 0 Å². The Balaban J connectivity index is 2.97. The minimum atomic E-state index is -3.25. The molecule has 0 aromatic carbocycles. The molecule has 0 saturated carbocycles. The van der Waals surface area contributed by atoms with E-state index in [1.165, 1.54) is 0 Å². The first-order valence-corrected chi connectivity index (χ1v) is 8.85. The Hall–Kier alpha value is 0.0400. The quantitative estimate of drug-likeness (QED) is 0.573. The fourth-order valence-electron chi connectivity index (χ4n) is 1.78. The molecule has 0 N–H and O–H groups in total. The molecular formula is C11H21O4PS.